The largest absolute Gasteiger partial charge is 0.378 e. The van der Waals surface area contributed by atoms with Crippen LogP contribution in [0, 0.1) is 0 Å². The van der Waals surface area contributed by atoms with Crippen LogP contribution in [0.2, 0.25) is 10.0 Å². The molecule has 2 aliphatic heterocycles. The SMILES string of the molecule is O=C(COCC1Cc2ccccc2CN1S(=O)(=O)c1ccc(Cl)cc1Cl)Nc1cccc(N2CCOCC2)c1. The number of benzene rings is 3. The quantitative estimate of drug-likeness (QED) is 0.413. The van der Waals surface area contributed by atoms with Gasteiger partial charge in [-0.05, 0) is 53.9 Å². The second-order valence-electron chi connectivity index (χ2n) is 9.46. The number of carbonyl (C=O) groups is 1. The average molecular weight is 591 g/mol. The summed E-state index contributed by atoms with van der Waals surface area (Å²) >= 11 is 12.3. The summed E-state index contributed by atoms with van der Waals surface area (Å²) in [5, 5.41) is 3.28. The molecule has 0 radical (unpaired) electrons. The van der Waals surface area contributed by atoms with Crippen LogP contribution in [0.4, 0.5) is 11.4 Å². The van der Waals surface area contributed by atoms with Gasteiger partial charge in [-0.15, -0.1) is 0 Å². The number of halogens is 2. The molecule has 0 spiro atoms. The van der Waals surface area contributed by atoms with Gasteiger partial charge in [-0.25, -0.2) is 8.42 Å². The summed E-state index contributed by atoms with van der Waals surface area (Å²) in [6.45, 7) is 2.94. The summed E-state index contributed by atoms with van der Waals surface area (Å²) in [4.78, 5) is 14.9. The van der Waals surface area contributed by atoms with Crippen LogP contribution in [-0.2, 0) is 37.3 Å². The van der Waals surface area contributed by atoms with Gasteiger partial charge >= 0.3 is 0 Å². The summed E-state index contributed by atoms with van der Waals surface area (Å²) in [7, 11) is -3.97. The van der Waals surface area contributed by atoms with Crippen molar-refractivity contribution >= 4 is 50.5 Å². The predicted octanol–water partition coefficient (Wildman–Crippen LogP) is 4.60. The van der Waals surface area contributed by atoms with Gasteiger partial charge in [-0.3, -0.25) is 4.79 Å². The second kappa shape index (κ2) is 12.2. The van der Waals surface area contributed by atoms with E-state index in [0.29, 0.717) is 30.3 Å². The number of carbonyl (C=O) groups excluding carboxylic acids is 1. The number of anilines is 2. The van der Waals surface area contributed by atoms with Crippen LogP contribution in [-0.4, -0.2) is 64.2 Å². The van der Waals surface area contributed by atoms with Gasteiger partial charge in [-0.1, -0.05) is 53.5 Å². The van der Waals surface area contributed by atoms with E-state index < -0.39 is 16.1 Å². The first-order valence-corrected chi connectivity index (χ1v) is 14.8. The fraction of sp³-hybridized carbons (Fsp3) is 0.321. The first-order chi connectivity index (χ1) is 18.8. The minimum atomic E-state index is -3.97. The molecule has 0 aromatic heterocycles. The summed E-state index contributed by atoms with van der Waals surface area (Å²) in [6, 6.07) is 19.2. The highest BCUT2D eigenvalue weighted by atomic mass is 35.5. The molecule has 1 saturated heterocycles. The molecule has 8 nitrogen and oxygen atoms in total. The van der Waals surface area contributed by atoms with Crippen molar-refractivity contribution in [3.05, 3.63) is 87.9 Å². The third-order valence-corrected chi connectivity index (χ3v) is 9.45. The van der Waals surface area contributed by atoms with Crippen molar-refractivity contribution in [2.75, 3.05) is 49.7 Å². The number of morpholine rings is 1. The van der Waals surface area contributed by atoms with Crippen LogP contribution in [0.1, 0.15) is 11.1 Å². The van der Waals surface area contributed by atoms with Gasteiger partial charge in [0.25, 0.3) is 0 Å². The van der Waals surface area contributed by atoms with Crippen molar-refractivity contribution in [1.29, 1.82) is 0 Å². The summed E-state index contributed by atoms with van der Waals surface area (Å²) in [5.74, 6) is -0.319. The molecule has 3 aromatic rings. The van der Waals surface area contributed by atoms with E-state index in [2.05, 4.69) is 10.2 Å². The van der Waals surface area contributed by atoms with Crippen LogP contribution in [0.3, 0.4) is 0 Å². The monoisotopic (exact) mass is 589 g/mol. The Morgan fingerprint density at radius 1 is 1.00 bits per heavy atom. The molecule has 1 atom stereocenters. The number of nitrogens with one attached hydrogen (secondary N) is 1. The minimum absolute atomic E-state index is 0.0177. The second-order valence-corrected chi connectivity index (χ2v) is 12.2. The van der Waals surface area contributed by atoms with Crippen LogP contribution < -0.4 is 10.2 Å². The van der Waals surface area contributed by atoms with Gasteiger partial charge in [-0.2, -0.15) is 4.31 Å². The van der Waals surface area contributed by atoms with E-state index in [1.54, 1.807) is 0 Å². The fourth-order valence-electron chi connectivity index (χ4n) is 4.88. The number of nitrogens with zero attached hydrogens (tertiary/aromatic N) is 2. The molecular formula is C28H29Cl2N3O5S. The standard InChI is InChI=1S/C28H29Cl2N3O5S/c29-22-8-9-27(26(30)15-22)39(35,36)33-17-21-5-2-1-4-20(21)14-25(33)18-38-19-28(34)31-23-6-3-7-24(16-23)32-10-12-37-13-11-32/h1-9,15-16,25H,10-14,17-19H2,(H,31,34). The smallest absolute Gasteiger partial charge is 0.250 e. The Hall–Kier alpha value is -2.66. The van der Waals surface area contributed by atoms with Gasteiger partial charge in [0, 0.05) is 36.0 Å². The van der Waals surface area contributed by atoms with E-state index >= 15 is 0 Å². The molecule has 1 fully saturated rings. The van der Waals surface area contributed by atoms with Gasteiger partial charge in [0.1, 0.15) is 11.5 Å². The van der Waals surface area contributed by atoms with Gasteiger partial charge in [0.15, 0.2) is 0 Å². The van der Waals surface area contributed by atoms with Gasteiger partial charge < -0.3 is 19.7 Å². The molecule has 0 aliphatic carbocycles. The van der Waals surface area contributed by atoms with E-state index in [-0.39, 0.29) is 35.6 Å². The van der Waals surface area contributed by atoms with Crippen molar-refractivity contribution < 1.29 is 22.7 Å². The van der Waals surface area contributed by atoms with E-state index in [4.69, 9.17) is 32.7 Å². The fourth-order valence-corrected chi connectivity index (χ4v) is 7.22. The molecule has 2 heterocycles. The highest BCUT2D eigenvalue weighted by Crippen LogP contribution is 2.33. The Morgan fingerprint density at radius 2 is 1.77 bits per heavy atom. The number of amides is 1. The topological polar surface area (TPSA) is 88.2 Å². The lowest BCUT2D eigenvalue weighted by Gasteiger charge is -2.36. The van der Waals surface area contributed by atoms with Crippen molar-refractivity contribution in [2.24, 2.45) is 0 Å². The maximum atomic E-state index is 13.7. The summed E-state index contributed by atoms with van der Waals surface area (Å²) in [6.07, 6.45) is 0.448. The molecule has 11 heteroatoms. The number of hydrogen-bond acceptors (Lipinski definition) is 6. The summed E-state index contributed by atoms with van der Waals surface area (Å²) in [5.41, 5.74) is 3.64. The molecule has 0 bridgehead atoms. The van der Waals surface area contributed by atoms with Gasteiger partial charge in [0.05, 0.1) is 30.9 Å². The van der Waals surface area contributed by atoms with Gasteiger partial charge in [0.2, 0.25) is 15.9 Å². The Labute approximate surface area is 238 Å². The number of hydrogen-bond donors (Lipinski definition) is 1. The molecule has 1 unspecified atom stereocenters. The number of rotatable bonds is 8. The molecule has 0 saturated carbocycles. The van der Waals surface area contributed by atoms with Crippen LogP contribution >= 0.6 is 23.2 Å². The molecule has 1 amide bonds. The zero-order valence-corrected chi connectivity index (χ0v) is 23.5. The Balaban J connectivity index is 1.26. The molecule has 5 rings (SSSR count). The van der Waals surface area contributed by atoms with E-state index in [9.17, 15) is 13.2 Å². The van der Waals surface area contributed by atoms with E-state index in [1.165, 1.54) is 22.5 Å². The third kappa shape index (κ3) is 6.57. The Morgan fingerprint density at radius 3 is 2.54 bits per heavy atom. The highest BCUT2D eigenvalue weighted by Gasteiger charge is 2.37. The molecule has 39 heavy (non-hydrogen) atoms. The summed E-state index contributed by atoms with van der Waals surface area (Å²) < 4.78 is 40.0. The lowest BCUT2D eigenvalue weighted by Crippen LogP contribution is -2.47. The zero-order valence-electron chi connectivity index (χ0n) is 21.2. The number of ether oxygens (including phenoxy) is 2. The minimum Gasteiger partial charge on any atom is -0.378 e. The first kappa shape index (κ1) is 27.9. The lowest BCUT2D eigenvalue weighted by atomic mass is 9.96. The van der Waals surface area contributed by atoms with E-state index in [0.717, 1.165) is 29.9 Å². The molecule has 2 aliphatic rings. The maximum absolute atomic E-state index is 13.7. The number of sulfonamides is 1. The normalized spacial score (nSPS) is 18.0. The molecule has 206 valence electrons. The lowest BCUT2D eigenvalue weighted by molar-refractivity contribution is -0.121. The molecule has 1 N–H and O–H groups in total. The van der Waals surface area contributed by atoms with Crippen LogP contribution in [0.15, 0.2) is 71.6 Å². The van der Waals surface area contributed by atoms with Crippen LogP contribution in [0.25, 0.3) is 0 Å². The first-order valence-electron chi connectivity index (χ1n) is 12.7. The van der Waals surface area contributed by atoms with Crippen molar-refractivity contribution in [3.8, 4) is 0 Å². The highest BCUT2D eigenvalue weighted by molar-refractivity contribution is 7.89. The number of fused-ring (bicyclic) bond motifs is 1. The van der Waals surface area contributed by atoms with Crippen molar-refractivity contribution in [2.45, 2.75) is 23.9 Å². The van der Waals surface area contributed by atoms with Crippen molar-refractivity contribution in [3.63, 3.8) is 0 Å². The van der Waals surface area contributed by atoms with Crippen LogP contribution in [0.5, 0.6) is 0 Å². The molecular weight excluding hydrogens is 561 g/mol. The molecule has 3 aromatic carbocycles. The third-order valence-electron chi connectivity index (χ3n) is 6.84. The van der Waals surface area contributed by atoms with E-state index in [1.807, 2.05) is 48.5 Å². The van der Waals surface area contributed by atoms with Crippen molar-refractivity contribution in [1.82, 2.24) is 4.31 Å². The predicted molar refractivity (Wildman–Crippen MR) is 152 cm³/mol. The zero-order chi connectivity index (χ0) is 27.4. The Bertz CT molecular complexity index is 1450. The maximum Gasteiger partial charge on any atom is 0.250 e. The Kier molecular flexibility index (Phi) is 8.76. The average Bonchev–Trinajstić information content (AvgIpc) is 2.93.